The van der Waals surface area contributed by atoms with Gasteiger partial charge in [-0.05, 0) is 49.4 Å². The molecule has 0 bridgehead atoms. The molecule has 18 heavy (non-hydrogen) atoms. The van der Waals surface area contributed by atoms with Gasteiger partial charge in [0.1, 0.15) is 5.75 Å². The fourth-order valence-electron chi connectivity index (χ4n) is 2.30. The highest BCUT2D eigenvalue weighted by molar-refractivity contribution is 9.10. The third kappa shape index (κ3) is 3.70. The molecule has 1 aliphatic rings. The molecule has 1 heterocycles. The number of hydrogen-bond acceptors (Lipinski definition) is 3. The van der Waals surface area contributed by atoms with Crippen LogP contribution in [0.3, 0.4) is 0 Å². The minimum Gasteiger partial charge on any atom is -0.494 e. The molecule has 3 nitrogen and oxygen atoms in total. The summed E-state index contributed by atoms with van der Waals surface area (Å²) < 4.78 is 12.2. The van der Waals surface area contributed by atoms with Crippen molar-refractivity contribution in [2.45, 2.75) is 19.3 Å². The highest BCUT2D eigenvalue weighted by Gasteiger charge is 2.30. The van der Waals surface area contributed by atoms with Crippen molar-refractivity contribution in [2.24, 2.45) is 11.1 Å². The highest BCUT2D eigenvalue weighted by Crippen LogP contribution is 2.33. The Balaban J connectivity index is 1.83. The van der Waals surface area contributed by atoms with Gasteiger partial charge in [0, 0.05) is 17.7 Å². The van der Waals surface area contributed by atoms with Crippen molar-refractivity contribution in [3.05, 3.63) is 28.7 Å². The van der Waals surface area contributed by atoms with Crippen LogP contribution >= 0.6 is 15.9 Å². The smallest absolute Gasteiger partial charge is 0.120 e. The topological polar surface area (TPSA) is 44.5 Å². The van der Waals surface area contributed by atoms with Gasteiger partial charge in [0.05, 0.1) is 6.61 Å². The first-order chi connectivity index (χ1) is 8.74. The Morgan fingerprint density at radius 1 is 1.33 bits per heavy atom. The normalized spacial score (nSPS) is 18.6. The average molecular weight is 314 g/mol. The minimum atomic E-state index is 0.213. The largest absolute Gasteiger partial charge is 0.494 e. The SMILES string of the molecule is NCC1(CCOc2cccc(Br)c2)CCOCC1. The molecule has 0 aromatic heterocycles. The third-order valence-electron chi connectivity index (χ3n) is 3.68. The second-order valence-electron chi connectivity index (χ2n) is 4.87. The summed E-state index contributed by atoms with van der Waals surface area (Å²) in [6.07, 6.45) is 3.09. The van der Waals surface area contributed by atoms with E-state index < -0.39 is 0 Å². The molecule has 0 radical (unpaired) electrons. The molecule has 1 aliphatic heterocycles. The van der Waals surface area contributed by atoms with Gasteiger partial charge in [-0.2, -0.15) is 0 Å². The van der Waals surface area contributed by atoms with E-state index in [1.807, 2.05) is 24.3 Å². The van der Waals surface area contributed by atoms with Crippen molar-refractivity contribution in [3.63, 3.8) is 0 Å². The molecule has 2 rings (SSSR count). The van der Waals surface area contributed by atoms with Crippen molar-refractivity contribution in [1.29, 1.82) is 0 Å². The lowest BCUT2D eigenvalue weighted by Crippen LogP contribution is -2.37. The molecule has 0 spiro atoms. The van der Waals surface area contributed by atoms with Gasteiger partial charge >= 0.3 is 0 Å². The summed E-state index contributed by atoms with van der Waals surface area (Å²) in [4.78, 5) is 0. The fourth-order valence-corrected chi connectivity index (χ4v) is 2.68. The number of ether oxygens (including phenoxy) is 2. The molecule has 1 aromatic rings. The van der Waals surface area contributed by atoms with Crippen molar-refractivity contribution >= 4 is 15.9 Å². The Kier molecular flexibility index (Phi) is 5.03. The van der Waals surface area contributed by atoms with Crippen LogP contribution in [0.5, 0.6) is 5.75 Å². The summed E-state index contributed by atoms with van der Waals surface area (Å²) in [6, 6.07) is 7.93. The van der Waals surface area contributed by atoms with Crippen molar-refractivity contribution in [3.8, 4) is 5.75 Å². The summed E-state index contributed by atoms with van der Waals surface area (Å²) in [6.45, 7) is 3.09. The molecule has 0 atom stereocenters. The number of rotatable bonds is 5. The van der Waals surface area contributed by atoms with Gasteiger partial charge in [-0.25, -0.2) is 0 Å². The average Bonchev–Trinajstić information content (AvgIpc) is 2.40. The van der Waals surface area contributed by atoms with Gasteiger partial charge < -0.3 is 15.2 Å². The monoisotopic (exact) mass is 313 g/mol. The Labute approximate surface area is 117 Å². The Morgan fingerprint density at radius 3 is 2.78 bits per heavy atom. The predicted molar refractivity (Wildman–Crippen MR) is 75.8 cm³/mol. The molecule has 0 aliphatic carbocycles. The van der Waals surface area contributed by atoms with E-state index in [0.717, 1.165) is 49.2 Å². The predicted octanol–water partition coefficient (Wildman–Crippen LogP) is 2.97. The quantitative estimate of drug-likeness (QED) is 0.909. The summed E-state index contributed by atoms with van der Waals surface area (Å²) in [5, 5.41) is 0. The second kappa shape index (κ2) is 6.55. The number of hydrogen-bond donors (Lipinski definition) is 1. The lowest BCUT2D eigenvalue weighted by molar-refractivity contribution is 0.00855. The molecule has 0 saturated carbocycles. The summed E-state index contributed by atoms with van der Waals surface area (Å²) in [7, 11) is 0. The Hall–Kier alpha value is -0.580. The van der Waals surface area contributed by atoms with E-state index in [2.05, 4.69) is 15.9 Å². The maximum absolute atomic E-state index is 5.92. The lowest BCUT2D eigenvalue weighted by atomic mass is 9.78. The van der Waals surface area contributed by atoms with Crippen LogP contribution in [0.4, 0.5) is 0 Å². The second-order valence-corrected chi connectivity index (χ2v) is 5.79. The molecule has 4 heteroatoms. The molecule has 0 amide bonds. The van der Waals surface area contributed by atoms with Gasteiger partial charge in [-0.15, -0.1) is 0 Å². The van der Waals surface area contributed by atoms with Gasteiger partial charge in [0.15, 0.2) is 0 Å². The van der Waals surface area contributed by atoms with Crippen molar-refractivity contribution < 1.29 is 9.47 Å². The maximum Gasteiger partial charge on any atom is 0.120 e. The maximum atomic E-state index is 5.92. The molecule has 1 fully saturated rings. The summed E-state index contributed by atoms with van der Waals surface area (Å²) in [5.41, 5.74) is 6.14. The van der Waals surface area contributed by atoms with E-state index >= 15 is 0 Å². The first-order valence-electron chi connectivity index (χ1n) is 6.40. The molecule has 100 valence electrons. The van der Waals surface area contributed by atoms with E-state index in [1.165, 1.54) is 0 Å². The van der Waals surface area contributed by atoms with Crippen molar-refractivity contribution in [2.75, 3.05) is 26.4 Å². The Morgan fingerprint density at radius 2 is 2.11 bits per heavy atom. The number of halogens is 1. The highest BCUT2D eigenvalue weighted by atomic mass is 79.9. The van der Waals surface area contributed by atoms with Crippen molar-refractivity contribution in [1.82, 2.24) is 0 Å². The zero-order valence-corrected chi connectivity index (χ0v) is 12.1. The van der Waals surface area contributed by atoms with Gasteiger partial charge in [0.2, 0.25) is 0 Å². The first-order valence-corrected chi connectivity index (χ1v) is 7.20. The summed E-state index contributed by atoms with van der Waals surface area (Å²) >= 11 is 3.44. The molecule has 1 saturated heterocycles. The van der Waals surface area contributed by atoms with Gasteiger partial charge in [-0.1, -0.05) is 22.0 Å². The fraction of sp³-hybridized carbons (Fsp3) is 0.571. The molecular weight excluding hydrogens is 294 g/mol. The molecular formula is C14H20BrNO2. The van der Waals surface area contributed by atoms with Crippen LogP contribution in [0.2, 0.25) is 0 Å². The Bertz CT molecular complexity index is 378. The van der Waals surface area contributed by atoms with Crippen LogP contribution in [0.25, 0.3) is 0 Å². The van der Waals surface area contributed by atoms with Gasteiger partial charge in [-0.3, -0.25) is 0 Å². The standard InChI is InChI=1S/C14H20BrNO2/c15-12-2-1-3-13(10-12)18-9-6-14(11-16)4-7-17-8-5-14/h1-3,10H,4-9,11,16H2. The molecule has 1 aromatic carbocycles. The third-order valence-corrected chi connectivity index (χ3v) is 4.18. The lowest BCUT2D eigenvalue weighted by Gasteiger charge is -2.36. The molecule has 0 unspecified atom stereocenters. The van der Waals surface area contributed by atoms with Crippen LogP contribution in [-0.4, -0.2) is 26.4 Å². The van der Waals surface area contributed by atoms with E-state index in [0.29, 0.717) is 6.61 Å². The zero-order chi connectivity index (χ0) is 12.8. The van der Waals surface area contributed by atoms with E-state index in [4.69, 9.17) is 15.2 Å². The van der Waals surface area contributed by atoms with Crippen LogP contribution in [0.1, 0.15) is 19.3 Å². The number of benzene rings is 1. The minimum absolute atomic E-state index is 0.213. The van der Waals surface area contributed by atoms with E-state index in [9.17, 15) is 0 Å². The van der Waals surface area contributed by atoms with Crippen LogP contribution in [0, 0.1) is 5.41 Å². The van der Waals surface area contributed by atoms with Gasteiger partial charge in [0.25, 0.3) is 0 Å². The van der Waals surface area contributed by atoms with Crippen LogP contribution < -0.4 is 10.5 Å². The van der Waals surface area contributed by atoms with Crippen LogP contribution in [-0.2, 0) is 4.74 Å². The first kappa shape index (κ1) is 13.8. The van der Waals surface area contributed by atoms with Crippen LogP contribution in [0.15, 0.2) is 28.7 Å². The van der Waals surface area contributed by atoms with E-state index in [-0.39, 0.29) is 5.41 Å². The number of nitrogens with two attached hydrogens (primary N) is 1. The summed E-state index contributed by atoms with van der Waals surface area (Å²) in [5.74, 6) is 0.906. The zero-order valence-electron chi connectivity index (χ0n) is 10.5. The molecule has 2 N–H and O–H groups in total. The van der Waals surface area contributed by atoms with E-state index in [1.54, 1.807) is 0 Å².